The summed E-state index contributed by atoms with van der Waals surface area (Å²) < 4.78 is 12.0. The van der Waals surface area contributed by atoms with Crippen LogP contribution >= 0.6 is 0 Å². The minimum Gasteiger partial charge on any atom is -0.397 e. The predicted octanol–water partition coefficient (Wildman–Crippen LogP) is 5.52. The molecular formula is C16H36O2Si. The zero-order valence-corrected chi connectivity index (χ0v) is 15.3. The van der Waals surface area contributed by atoms with Gasteiger partial charge >= 0.3 is 8.56 Å². The first-order valence-electron chi connectivity index (χ1n) is 8.02. The Balaban J connectivity index is 4.82. The second-order valence-corrected chi connectivity index (χ2v) is 10.5. The highest BCUT2D eigenvalue weighted by molar-refractivity contribution is 6.70. The molecule has 0 aliphatic heterocycles. The fraction of sp³-hybridized carbons (Fsp3) is 1.00. The lowest BCUT2D eigenvalue weighted by Gasteiger charge is -2.45. The van der Waals surface area contributed by atoms with Crippen molar-refractivity contribution in [1.29, 1.82) is 0 Å². The molecule has 0 bridgehead atoms. The molecule has 1 atom stereocenters. The summed E-state index contributed by atoms with van der Waals surface area (Å²) in [5.41, 5.74) is 0. The first-order chi connectivity index (χ1) is 8.91. The van der Waals surface area contributed by atoms with E-state index in [0.29, 0.717) is 5.92 Å². The Morgan fingerprint density at radius 1 is 0.947 bits per heavy atom. The smallest absolute Gasteiger partial charge is 0.343 e. The Hall–Kier alpha value is 0.137. The Kier molecular flexibility index (Phi) is 9.21. The summed E-state index contributed by atoms with van der Waals surface area (Å²) in [7, 11) is 1.59. The molecule has 0 aromatic rings. The van der Waals surface area contributed by atoms with E-state index in [4.69, 9.17) is 8.85 Å². The predicted molar refractivity (Wildman–Crippen MR) is 86.8 cm³/mol. The molecule has 0 saturated carbocycles. The summed E-state index contributed by atoms with van der Waals surface area (Å²) in [5.74, 6) is 0.648. The summed E-state index contributed by atoms with van der Waals surface area (Å²) in [4.78, 5) is 0. The average Bonchev–Trinajstić information content (AvgIpc) is 2.39. The Morgan fingerprint density at radius 3 is 1.95 bits per heavy atom. The third-order valence-corrected chi connectivity index (χ3v) is 9.74. The minimum atomic E-state index is -2.12. The molecule has 0 spiro atoms. The number of unbranched alkanes of at least 4 members (excludes halogenated alkanes) is 3. The van der Waals surface area contributed by atoms with Gasteiger partial charge in [0, 0.05) is 19.3 Å². The lowest BCUT2D eigenvalue weighted by molar-refractivity contribution is 0.183. The molecule has 3 heteroatoms. The number of rotatable bonds is 11. The molecular weight excluding hydrogens is 252 g/mol. The van der Waals surface area contributed by atoms with E-state index in [0.717, 1.165) is 6.04 Å². The molecule has 0 aliphatic rings. The third kappa shape index (κ3) is 4.87. The monoisotopic (exact) mass is 288 g/mol. The molecule has 116 valence electrons. The van der Waals surface area contributed by atoms with Gasteiger partial charge in [-0.2, -0.15) is 0 Å². The van der Waals surface area contributed by atoms with Gasteiger partial charge in [0.15, 0.2) is 0 Å². The van der Waals surface area contributed by atoms with Crippen LogP contribution in [-0.4, -0.2) is 22.8 Å². The van der Waals surface area contributed by atoms with Crippen molar-refractivity contribution in [3.8, 4) is 0 Å². The van der Waals surface area contributed by atoms with Crippen LogP contribution in [0.15, 0.2) is 0 Å². The second-order valence-electron chi connectivity index (χ2n) is 6.38. The van der Waals surface area contributed by atoms with Crippen molar-refractivity contribution in [3.63, 3.8) is 0 Å². The maximum atomic E-state index is 6.02. The molecule has 0 radical (unpaired) electrons. The van der Waals surface area contributed by atoms with E-state index in [1.807, 2.05) is 14.2 Å². The van der Waals surface area contributed by atoms with Gasteiger partial charge < -0.3 is 8.85 Å². The number of hydrogen-bond donors (Lipinski definition) is 0. The van der Waals surface area contributed by atoms with Gasteiger partial charge in [0.25, 0.3) is 0 Å². The van der Waals surface area contributed by atoms with Gasteiger partial charge in [0.1, 0.15) is 0 Å². The molecule has 0 rings (SSSR count). The van der Waals surface area contributed by atoms with Crippen molar-refractivity contribution >= 4 is 8.56 Å². The minimum absolute atomic E-state index is 0.165. The molecule has 0 saturated heterocycles. The molecule has 0 aromatic heterocycles. The van der Waals surface area contributed by atoms with Crippen LogP contribution < -0.4 is 0 Å². The highest BCUT2D eigenvalue weighted by Crippen LogP contribution is 2.49. The van der Waals surface area contributed by atoms with E-state index in [-0.39, 0.29) is 5.04 Å². The highest BCUT2D eigenvalue weighted by atomic mass is 28.4. The SMILES string of the molecule is CCCCCC[Si](OC)(OC)C(C)(C)C(C)CCC. The van der Waals surface area contributed by atoms with E-state index in [1.165, 1.54) is 38.5 Å². The molecule has 0 fully saturated rings. The van der Waals surface area contributed by atoms with Gasteiger partial charge in [-0.3, -0.25) is 0 Å². The topological polar surface area (TPSA) is 18.5 Å². The highest BCUT2D eigenvalue weighted by Gasteiger charge is 2.52. The van der Waals surface area contributed by atoms with Crippen molar-refractivity contribution in [1.82, 2.24) is 0 Å². The van der Waals surface area contributed by atoms with E-state index >= 15 is 0 Å². The maximum Gasteiger partial charge on any atom is 0.343 e. The van der Waals surface area contributed by atoms with Gasteiger partial charge in [-0.1, -0.05) is 73.1 Å². The van der Waals surface area contributed by atoms with Crippen molar-refractivity contribution in [2.24, 2.45) is 5.92 Å². The van der Waals surface area contributed by atoms with Gasteiger partial charge in [-0.15, -0.1) is 0 Å². The van der Waals surface area contributed by atoms with E-state index in [9.17, 15) is 0 Å². The van der Waals surface area contributed by atoms with E-state index < -0.39 is 8.56 Å². The van der Waals surface area contributed by atoms with E-state index in [2.05, 4.69) is 34.6 Å². The van der Waals surface area contributed by atoms with Crippen molar-refractivity contribution in [2.45, 2.75) is 84.2 Å². The maximum absolute atomic E-state index is 6.02. The summed E-state index contributed by atoms with van der Waals surface area (Å²) in [6.45, 7) is 11.6. The summed E-state index contributed by atoms with van der Waals surface area (Å²) in [6.07, 6.45) is 7.63. The zero-order chi connectivity index (χ0) is 14.9. The summed E-state index contributed by atoms with van der Waals surface area (Å²) in [6, 6.07) is 1.13. The Morgan fingerprint density at radius 2 is 1.53 bits per heavy atom. The normalized spacial score (nSPS) is 14.7. The van der Waals surface area contributed by atoms with Gasteiger partial charge in [-0.25, -0.2) is 0 Å². The zero-order valence-electron chi connectivity index (χ0n) is 14.3. The molecule has 0 aromatic carbocycles. The fourth-order valence-corrected chi connectivity index (χ4v) is 6.97. The van der Waals surface area contributed by atoms with Crippen LogP contribution in [0.4, 0.5) is 0 Å². The van der Waals surface area contributed by atoms with Gasteiger partial charge in [0.05, 0.1) is 0 Å². The van der Waals surface area contributed by atoms with Gasteiger partial charge in [0.2, 0.25) is 0 Å². The van der Waals surface area contributed by atoms with Crippen molar-refractivity contribution < 1.29 is 8.85 Å². The Bertz CT molecular complexity index is 225. The molecule has 0 aliphatic carbocycles. The number of hydrogen-bond acceptors (Lipinski definition) is 2. The molecule has 19 heavy (non-hydrogen) atoms. The van der Waals surface area contributed by atoms with E-state index in [1.54, 1.807) is 0 Å². The third-order valence-electron chi connectivity index (χ3n) is 4.95. The fourth-order valence-electron chi connectivity index (χ4n) is 3.09. The van der Waals surface area contributed by atoms with Crippen molar-refractivity contribution in [2.75, 3.05) is 14.2 Å². The summed E-state index contributed by atoms with van der Waals surface area (Å²) in [5, 5.41) is 0.165. The average molecular weight is 289 g/mol. The molecule has 2 nitrogen and oxygen atoms in total. The molecule has 0 N–H and O–H groups in total. The quantitative estimate of drug-likeness (QED) is 0.368. The summed E-state index contributed by atoms with van der Waals surface area (Å²) >= 11 is 0. The van der Waals surface area contributed by atoms with Crippen LogP contribution in [0.2, 0.25) is 11.1 Å². The molecule has 1 unspecified atom stereocenters. The largest absolute Gasteiger partial charge is 0.397 e. The lowest BCUT2D eigenvalue weighted by Crippen LogP contribution is -2.52. The van der Waals surface area contributed by atoms with Crippen LogP contribution in [0.5, 0.6) is 0 Å². The van der Waals surface area contributed by atoms with Gasteiger partial charge in [-0.05, 0) is 12.0 Å². The van der Waals surface area contributed by atoms with Crippen molar-refractivity contribution in [3.05, 3.63) is 0 Å². The standard InChI is InChI=1S/C16H36O2Si/c1-8-10-11-12-14-19(17-6,18-7)16(4,5)15(3)13-9-2/h15H,8-14H2,1-7H3. The van der Waals surface area contributed by atoms with Crippen LogP contribution in [0.25, 0.3) is 0 Å². The Labute approximate surface area is 122 Å². The van der Waals surface area contributed by atoms with Crippen LogP contribution in [0, 0.1) is 5.92 Å². The second kappa shape index (κ2) is 9.14. The van der Waals surface area contributed by atoms with Crippen LogP contribution in [0.3, 0.4) is 0 Å². The first kappa shape index (κ1) is 19.1. The van der Waals surface area contributed by atoms with Crippen LogP contribution in [0.1, 0.15) is 73.1 Å². The molecule has 0 amide bonds. The molecule has 0 heterocycles. The lowest BCUT2D eigenvalue weighted by atomic mass is 9.92. The van der Waals surface area contributed by atoms with Crippen LogP contribution in [-0.2, 0) is 8.85 Å². The first-order valence-corrected chi connectivity index (χ1v) is 10.0.